The highest BCUT2D eigenvalue weighted by atomic mass is 16.5. The highest BCUT2D eigenvalue weighted by Crippen LogP contribution is 2.14. The molecular weight excluding hydrogens is 542 g/mol. The molecule has 1 heterocycles. The van der Waals surface area contributed by atoms with Crippen LogP contribution in [-0.4, -0.2) is 41.4 Å². The molecule has 0 fully saturated rings. The summed E-state index contributed by atoms with van der Waals surface area (Å²) in [6, 6.07) is 25.5. The standard InChI is InChI=1S/C34H37N5O4/c1-2-43-29-14-12-24(13-15-29)20-31(38-32(40)28-6-4-3-5-7-28)34(42)39-30(21-25-16-18-36-19-17-25)33(41)37-23-27-10-8-26(22-35)9-11-27/h3-19,30-31H,2,20-23,35H2,1H3,(H,37,41)(H,38,40)(H,39,42). The number of hydrogen-bond acceptors (Lipinski definition) is 6. The van der Waals surface area contributed by atoms with E-state index in [0.717, 1.165) is 22.3 Å². The van der Waals surface area contributed by atoms with Gasteiger partial charge >= 0.3 is 0 Å². The fourth-order valence-electron chi connectivity index (χ4n) is 4.51. The maximum atomic E-state index is 13.8. The van der Waals surface area contributed by atoms with Crippen LogP contribution in [0, 0.1) is 0 Å². The zero-order valence-electron chi connectivity index (χ0n) is 24.2. The SMILES string of the molecule is CCOc1ccc(CC(NC(=O)c2ccccc2)C(=O)NC(Cc2ccncc2)C(=O)NCc2ccc(CN)cc2)cc1. The number of hydrogen-bond donors (Lipinski definition) is 4. The molecule has 2 unspecified atom stereocenters. The van der Waals surface area contributed by atoms with Crippen molar-refractivity contribution in [3.63, 3.8) is 0 Å². The maximum Gasteiger partial charge on any atom is 0.251 e. The van der Waals surface area contributed by atoms with Crippen LogP contribution in [0.3, 0.4) is 0 Å². The van der Waals surface area contributed by atoms with Crippen molar-refractivity contribution in [3.05, 3.63) is 131 Å². The van der Waals surface area contributed by atoms with Crippen LogP contribution in [0.15, 0.2) is 103 Å². The van der Waals surface area contributed by atoms with Crippen LogP contribution < -0.4 is 26.4 Å². The van der Waals surface area contributed by atoms with E-state index < -0.39 is 18.0 Å². The van der Waals surface area contributed by atoms with Crippen LogP contribution in [0.4, 0.5) is 0 Å². The highest BCUT2D eigenvalue weighted by molar-refractivity contribution is 5.98. The molecule has 0 radical (unpaired) electrons. The van der Waals surface area contributed by atoms with E-state index in [1.54, 1.807) is 48.8 Å². The minimum atomic E-state index is -0.942. The normalized spacial score (nSPS) is 12.0. The molecule has 43 heavy (non-hydrogen) atoms. The number of amides is 3. The van der Waals surface area contributed by atoms with E-state index in [9.17, 15) is 14.4 Å². The van der Waals surface area contributed by atoms with Gasteiger partial charge in [-0.25, -0.2) is 0 Å². The average molecular weight is 580 g/mol. The molecule has 3 amide bonds. The fourth-order valence-corrected chi connectivity index (χ4v) is 4.51. The van der Waals surface area contributed by atoms with Gasteiger partial charge in [-0.3, -0.25) is 19.4 Å². The zero-order valence-corrected chi connectivity index (χ0v) is 24.2. The zero-order chi connectivity index (χ0) is 30.4. The second-order valence-electron chi connectivity index (χ2n) is 10.0. The number of carbonyl (C=O) groups is 3. The van der Waals surface area contributed by atoms with E-state index >= 15 is 0 Å². The summed E-state index contributed by atoms with van der Waals surface area (Å²) >= 11 is 0. The number of nitrogens with zero attached hydrogens (tertiary/aromatic N) is 1. The van der Waals surface area contributed by atoms with Crippen molar-refractivity contribution < 1.29 is 19.1 Å². The molecule has 9 heteroatoms. The second kappa shape index (κ2) is 15.8. The molecule has 0 aliphatic rings. The first-order chi connectivity index (χ1) is 20.9. The van der Waals surface area contributed by atoms with E-state index in [1.165, 1.54) is 0 Å². The smallest absolute Gasteiger partial charge is 0.251 e. The minimum Gasteiger partial charge on any atom is -0.494 e. The van der Waals surface area contributed by atoms with Crippen LogP contribution in [0.5, 0.6) is 5.75 Å². The molecule has 0 bridgehead atoms. The summed E-state index contributed by atoms with van der Waals surface area (Å²) in [6.07, 6.45) is 3.74. The molecule has 3 aromatic carbocycles. The molecule has 0 saturated carbocycles. The van der Waals surface area contributed by atoms with Gasteiger partial charge in [-0.2, -0.15) is 0 Å². The lowest BCUT2D eigenvalue weighted by atomic mass is 10.0. The summed E-state index contributed by atoms with van der Waals surface area (Å²) in [4.78, 5) is 44.4. The van der Waals surface area contributed by atoms with Gasteiger partial charge in [-0.15, -0.1) is 0 Å². The van der Waals surface area contributed by atoms with Gasteiger partial charge in [-0.05, 0) is 65.6 Å². The van der Waals surface area contributed by atoms with E-state index in [-0.39, 0.29) is 31.2 Å². The summed E-state index contributed by atoms with van der Waals surface area (Å²) < 4.78 is 5.53. The Balaban J connectivity index is 1.53. The van der Waals surface area contributed by atoms with Crippen molar-refractivity contribution in [2.24, 2.45) is 5.73 Å². The Hall–Kier alpha value is -5.02. The van der Waals surface area contributed by atoms with E-state index in [0.29, 0.717) is 24.5 Å². The van der Waals surface area contributed by atoms with Crippen LogP contribution in [0.1, 0.15) is 39.5 Å². The Kier molecular flexibility index (Phi) is 11.4. The first-order valence-electron chi connectivity index (χ1n) is 14.3. The van der Waals surface area contributed by atoms with E-state index in [4.69, 9.17) is 10.5 Å². The fraction of sp³-hybridized carbons (Fsp3) is 0.235. The second-order valence-corrected chi connectivity index (χ2v) is 10.0. The Morgan fingerprint density at radius 1 is 0.721 bits per heavy atom. The Bertz CT molecular complexity index is 1460. The molecule has 4 rings (SSSR count). The predicted octanol–water partition coefficient (Wildman–Crippen LogP) is 3.32. The quantitative estimate of drug-likeness (QED) is 0.181. The summed E-state index contributed by atoms with van der Waals surface area (Å²) in [5.41, 5.74) is 9.68. The first kappa shape index (κ1) is 30.9. The van der Waals surface area contributed by atoms with E-state index in [2.05, 4.69) is 20.9 Å². The third kappa shape index (κ3) is 9.51. The summed E-state index contributed by atoms with van der Waals surface area (Å²) in [7, 11) is 0. The number of rotatable bonds is 14. The van der Waals surface area contributed by atoms with Gasteiger partial charge in [0.2, 0.25) is 11.8 Å². The largest absolute Gasteiger partial charge is 0.494 e. The summed E-state index contributed by atoms with van der Waals surface area (Å²) in [6.45, 7) is 3.17. The minimum absolute atomic E-state index is 0.216. The van der Waals surface area contributed by atoms with Crippen molar-refractivity contribution in [3.8, 4) is 5.75 Å². The molecule has 0 aliphatic carbocycles. The molecular formula is C34H37N5O4. The molecule has 5 N–H and O–H groups in total. The van der Waals surface area contributed by atoms with Crippen molar-refractivity contribution in [1.82, 2.24) is 20.9 Å². The number of carbonyl (C=O) groups excluding carboxylic acids is 3. The monoisotopic (exact) mass is 579 g/mol. The lowest BCUT2D eigenvalue weighted by molar-refractivity contribution is -0.130. The molecule has 2 atom stereocenters. The Labute approximate surface area is 251 Å². The lowest BCUT2D eigenvalue weighted by Gasteiger charge is -2.24. The number of nitrogens with one attached hydrogen (secondary N) is 3. The maximum absolute atomic E-state index is 13.8. The average Bonchev–Trinajstić information content (AvgIpc) is 3.05. The topological polar surface area (TPSA) is 135 Å². The third-order valence-corrected chi connectivity index (χ3v) is 6.88. The van der Waals surface area contributed by atoms with E-state index in [1.807, 2.05) is 61.5 Å². The van der Waals surface area contributed by atoms with Crippen molar-refractivity contribution in [1.29, 1.82) is 0 Å². The molecule has 1 aromatic heterocycles. The van der Waals surface area contributed by atoms with Gasteiger partial charge in [0, 0.05) is 43.9 Å². The van der Waals surface area contributed by atoms with Gasteiger partial charge in [-0.1, -0.05) is 54.6 Å². The summed E-state index contributed by atoms with van der Waals surface area (Å²) in [5.74, 6) is -0.489. The number of pyridine rings is 1. The van der Waals surface area contributed by atoms with Gasteiger partial charge in [0.1, 0.15) is 17.8 Å². The van der Waals surface area contributed by atoms with Crippen molar-refractivity contribution in [2.75, 3.05) is 6.61 Å². The Morgan fingerprint density at radius 3 is 1.93 bits per heavy atom. The predicted molar refractivity (Wildman–Crippen MR) is 165 cm³/mol. The number of aromatic nitrogens is 1. The van der Waals surface area contributed by atoms with Crippen molar-refractivity contribution >= 4 is 17.7 Å². The third-order valence-electron chi connectivity index (χ3n) is 6.88. The van der Waals surface area contributed by atoms with Crippen LogP contribution in [0.2, 0.25) is 0 Å². The summed E-state index contributed by atoms with van der Waals surface area (Å²) in [5, 5.41) is 8.70. The van der Waals surface area contributed by atoms with Gasteiger partial charge in [0.05, 0.1) is 6.61 Å². The van der Waals surface area contributed by atoms with Crippen LogP contribution in [-0.2, 0) is 35.5 Å². The molecule has 0 saturated heterocycles. The highest BCUT2D eigenvalue weighted by Gasteiger charge is 2.28. The van der Waals surface area contributed by atoms with Gasteiger partial charge in [0.15, 0.2) is 0 Å². The first-order valence-corrected chi connectivity index (χ1v) is 14.3. The number of benzene rings is 3. The Morgan fingerprint density at radius 2 is 1.30 bits per heavy atom. The van der Waals surface area contributed by atoms with Crippen molar-refractivity contribution in [2.45, 2.75) is 44.9 Å². The molecule has 222 valence electrons. The van der Waals surface area contributed by atoms with Gasteiger partial charge in [0.25, 0.3) is 5.91 Å². The van der Waals surface area contributed by atoms with Crippen LogP contribution in [0.25, 0.3) is 0 Å². The molecule has 9 nitrogen and oxygen atoms in total. The number of ether oxygens (including phenoxy) is 1. The molecule has 0 spiro atoms. The van der Waals surface area contributed by atoms with Crippen LogP contribution >= 0.6 is 0 Å². The number of nitrogens with two attached hydrogens (primary N) is 1. The lowest BCUT2D eigenvalue weighted by Crippen LogP contribution is -2.55. The molecule has 4 aromatic rings. The molecule has 0 aliphatic heterocycles. The van der Waals surface area contributed by atoms with Gasteiger partial charge < -0.3 is 26.4 Å².